The summed E-state index contributed by atoms with van der Waals surface area (Å²) in [6.07, 6.45) is 2.14. The molecule has 3 nitrogen and oxygen atoms in total. The summed E-state index contributed by atoms with van der Waals surface area (Å²) in [4.78, 5) is 4.27. The summed E-state index contributed by atoms with van der Waals surface area (Å²) < 4.78 is 0.219. The van der Waals surface area contributed by atoms with Gasteiger partial charge in [-0.05, 0) is 48.4 Å². The van der Waals surface area contributed by atoms with Crippen molar-refractivity contribution < 1.29 is 0 Å². The first-order chi connectivity index (χ1) is 8.98. The Bertz CT molecular complexity index is 385. The molecular weight excluding hydrogens is 274 g/mol. The maximum atomic E-state index is 4.27. The van der Waals surface area contributed by atoms with Crippen molar-refractivity contribution in [3.8, 4) is 0 Å². The molecule has 0 radical (unpaired) electrons. The fourth-order valence-electron chi connectivity index (χ4n) is 1.51. The first-order valence-electron chi connectivity index (χ1n) is 6.50. The van der Waals surface area contributed by atoms with Crippen LogP contribution in [-0.4, -0.2) is 37.1 Å². The van der Waals surface area contributed by atoms with Crippen molar-refractivity contribution in [3.63, 3.8) is 0 Å². The Morgan fingerprint density at radius 3 is 2.74 bits per heavy atom. The number of rotatable bonds is 6. The van der Waals surface area contributed by atoms with E-state index in [1.807, 2.05) is 18.8 Å². The number of aliphatic imine (C=N–C) groups is 1. The number of guanidine groups is 1. The van der Waals surface area contributed by atoms with Gasteiger partial charge in [-0.3, -0.25) is 4.99 Å². The van der Waals surface area contributed by atoms with Crippen molar-refractivity contribution in [2.45, 2.75) is 31.4 Å². The maximum Gasteiger partial charge on any atom is 0.191 e. The zero-order valence-corrected chi connectivity index (χ0v) is 14.1. The Labute approximate surface area is 125 Å². The first-order valence-corrected chi connectivity index (χ1v) is 8.67. The molecule has 5 heteroatoms. The average molecular weight is 300 g/mol. The van der Waals surface area contributed by atoms with Gasteiger partial charge in [0.2, 0.25) is 0 Å². The van der Waals surface area contributed by atoms with E-state index in [1.165, 1.54) is 5.56 Å². The Hall–Kier alpha value is -0.680. The Balaban J connectivity index is 2.37. The molecule has 1 atom stereocenters. The summed E-state index contributed by atoms with van der Waals surface area (Å²) in [7, 11) is 1.82. The van der Waals surface area contributed by atoms with Crippen LogP contribution in [0, 0.1) is 0 Å². The first kappa shape index (κ1) is 16.4. The van der Waals surface area contributed by atoms with Gasteiger partial charge in [0.15, 0.2) is 5.96 Å². The van der Waals surface area contributed by atoms with Crippen molar-refractivity contribution in [2.24, 2.45) is 4.99 Å². The van der Waals surface area contributed by atoms with Crippen LogP contribution in [0.4, 0.5) is 0 Å². The lowest BCUT2D eigenvalue weighted by Crippen LogP contribution is -2.44. The van der Waals surface area contributed by atoms with Crippen LogP contribution >= 0.6 is 23.1 Å². The van der Waals surface area contributed by atoms with Gasteiger partial charge in [0.25, 0.3) is 0 Å². The molecule has 1 rings (SSSR count). The third-order valence-electron chi connectivity index (χ3n) is 3.15. The van der Waals surface area contributed by atoms with Crippen molar-refractivity contribution in [1.29, 1.82) is 0 Å². The molecule has 0 saturated carbocycles. The minimum atomic E-state index is 0.219. The Morgan fingerprint density at radius 2 is 2.21 bits per heavy atom. The SMILES string of the molecule is CN=C(NCC(C)c1ccsc1)NCC(C)(C)SC. The van der Waals surface area contributed by atoms with Crippen LogP contribution in [0.3, 0.4) is 0 Å². The largest absolute Gasteiger partial charge is 0.356 e. The molecule has 0 amide bonds. The van der Waals surface area contributed by atoms with Crippen molar-refractivity contribution in [2.75, 3.05) is 26.4 Å². The van der Waals surface area contributed by atoms with Crippen LogP contribution in [-0.2, 0) is 0 Å². The molecule has 1 aromatic rings. The zero-order valence-electron chi connectivity index (χ0n) is 12.5. The molecule has 0 aromatic carbocycles. The molecule has 108 valence electrons. The Kier molecular flexibility index (Phi) is 6.72. The van der Waals surface area contributed by atoms with Crippen LogP contribution < -0.4 is 10.6 Å². The van der Waals surface area contributed by atoms with E-state index in [0.29, 0.717) is 5.92 Å². The minimum Gasteiger partial charge on any atom is -0.356 e. The maximum absolute atomic E-state index is 4.27. The van der Waals surface area contributed by atoms with Gasteiger partial charge in [-0.25, -0.2) is 0 Å². The van der Waals surface area contributed by atoms with E-state index in [-0.39, 0.29) is 4.75 Å². The molecule has 0 aliphatic heterocycles. The molecule has 0 spiro atoms. The molecule has 0 aliphatic rings. The lowest BCUT2D eigenvalue weighted by molar-refractivity contribution is 0.651. The molecule has 1 heterocycles. The highest BCUT2D eigenvalue weighted by Gasteiger charge is 2.16. The Morgan fingerprint density at radius 1 is 1.47 bits per heavy atom. The van der Waals surface area contributed by atoms with Gasteiger partial charge in [-0.15, -0.1) is 0 Å². The van der Waals surface area contributed by atoms with Crippen LogP contribution in [0.5, 0.6) is 0 Å². The summed E-state index contributed by atoms with van der Waals surface area (Å²) in [5.74, 6) is 1.38. The predicted octanol–water partition coefficient (Wildman–Crippen LogP) is 3.16. The number of hydrogen-bond acceptors (Lipinski definition) is 3. The van der Waals surface area contributed by atoms with E-state index in [0.717, 1.165) is 19.0 Å². The normalized spacial score (nSPS) is 14.3. The third-order valence-corrected chi connectivity index (χ3v) is 5.10. The molecule has 0 aliphatic carbocycles. The van der Waals surface area contributed by atoms with Gasteiger partial charge in [-0.1, -0.05) is 6.92 Å². The zero-order chi connectivity index (χ0) is 14.3. The van der Waals surface area contributed by atoms with E-state index >= 15 is 0 Å². The molecule has 0 bridgehead atoms. The van der Waals surface area contributed by atoms with Gasteiger partial charge in [-0.2, -0.15) is 23.1 Å². The highest BCUT2D eigenvalue weighted by atomic mass is 32.2. The number of thiophene rings is 1. The van der Waals surface area contributed by atoms with Gasteiger partial charge in [0.05, 0.1) is 0 Å². The van der Waals surface area contributed by atoms with E-state index in [2.05, 4.69) is 59.5 Å². The average Bonchev–Trinajstić information content (AvgIpc) is 2.92. The fraction of sp³-hybridized carbons (Fsp3) is 0.643. The molecular formula is C14H25N3S2. The van der Waals surface area contributed by atoms with E-state index < -0.39 is 0 Å². The second kappa shape index (κ2) is 7.80. The molecule has 0 fully saturated rings. The van der Waals surface area contributed by atoms with E-state index in [4.69, 9.17) is 0 Å². The molecule has 19 heavy (non-hydrogen) atoms. The quantitative estimate of drug-likeness (QED) is 0.626. The summed E-state index contributed by atoms with van der Waals surface area (Å²) >= 11 is 3.61. The standard InChI is InChI=1S/C14H25N3S2/c1-11(12-6-7-19-9-12)8-16-13(15-4)17-10-14(2,3)18-5/h6-7,9,11H,8,10H2,1-5H3,(H2,15,16,17). The highest BCUT2D eigenvalue weighted by Crippen LogP contribution is 2.19. The van der Waals surface area contributed by atoms with Gasteiger partial charge >= 0.3 is 0 Å². The monoisotopic (exact) mass is 299 g/mol. The summed E-state index contributed by atoms with van der Waals surface area (Å²) in [6, 6.07) is 2.18. The van der Waals surface area contributed by atoms with Crippen molar-refractivity contribution in [3.05, 3.63) is 22.4 Å². The second-order valence-corrected chi connectivity index (χ2v) is 7.52. The molecule has 1 aromatic heterocycles. The smallest absolute Gasteiger partial charge is 0.191 e. The summed E-state index contributed by atoms with van der Waals surface area (Å²) in [6.45, 7) is 8.49. The third kappa shape index (κ3) is 5.87. The number of thioether (sulfide) groups is 1. The molecule has 0 saturated heterocycles. The van der Waals surface area contributed by atoms with Gasteiger partial charge in [0.1, 0.15) is 0 Å². The molecule has 2 N–H and O–H groups in total. The van der Waals surface area contributed by atoms with Crippen LogP contribution in [0.2, 0.25) is 0 Å². The number of nitrogens with zero attached hydrogens (tertiary/aromatic N) is 1. The topological polar surface area (TPSA) is 36.4 Å². The van der Waals surface area contributed by atoms with Crippen molar-refractivity contribution in [1.82, 2.24) is 10.6 Å². The van der Waals surface area contributed by atoms with Crippen molar-refractivity contribution >= 4 is 29.1 Å². The lowest BCUT2D eigenvalue weighted by Gasteiger charge is -2.24. The van der Waals surface area contributed by atoms with Gasteiger partial charge < -0.3 is 10.6 Å². The van der Waals surface area contributed by atoms with Crippen LogP contribution in [0.25, 0.3) is 0 Å². The summed E-state index contributed by atoms with van der Waals surface area (Å²) in [5.41, 5.74) is 1.39. The number of nitrogens with one attached hydrogen (secondary N) is 2. The second-order valence-electron chi connectivity index (χ2n) is 5.23. The van der Waals surface area contributed by atoms with Crippen LogP contribution in [0.1, 0.15) is 32.3 Å². The van der Waals surface area contributed by atoms with E-state index in [9.17, 15) is 0 Å². The predicted molar refractivity (Wildman–Crippen MR) is 89.7 cm³/mol. The molecule has 1 unspecified atom stereocenters. The minimum absolute atomic E-state index is 0.219. The highest BCUT2D eigenvalue weighted by molar-refractivity contribution is 7.99. The van der Waals surface area contributed by atoms with Gasteiger partial charge in [0, 0.05) is 24.9 Å². The number of hydrogen-bond donors (Lipinski definition) is 2. The van der Waals surface area contributed by atoms with Crippen LogP contribution in [0.15, 0.2) is 21.8 Å². The van der Waals surface area contributed by atoms with E-state index in [1.54, 1.807) is 11.3 Å². The lowest BCUT2D eigenvalue weighted by atomic mass is 10.1. The summed E-state index contributed by atoms with van der Waals surface area (Å²) in [5, 5.41) is 11.1. The fourth-order valence-corrected chi connectivity index (χ4v) is 2.51.